The molecule has 0 heterocycles. The van der Waals surface area contributed by atoms with Gasteiger partial charge in [0.1, 0.15) is 5.60 Å². The van der Waals surface area contributed by atoms with Crippen LogP contribution in [0.3, 0.4) is 0 Å². The number of hydrogen-bond acceptors (Lipinski definition) is 3. The van der Waals surface area contributed by atoms with Crippen LogP contribution in [0.5, 0.6) is 0 Å². The lowest BCUT2D eigenvalue weighted by Crippen LogP contribution is -2.43. The zero-order chi connectivity index (χ0) is 13.6. The van der Waals surface area contributed by atoms with E-state index in [1.165, 1.54) is 12.5 Å². The van der Waals surface area contributed by atoms with E-state index in [4.69, 9.17) is 5.11 Å². The van der Waals surface area contributed by atoms with Crippen LogP contribution in [-0.4, -0.2) is 34.9 Å². The van der Waals surface area contributed by atoms with Crippen LogP contribution in [0, 0.1) is 6.92 Å². The van der Waals surface area contributed by atoms with E-state index >= 15 is 0 Å². The minimum Gasteiger partial charge on any atom is -0.393 e. The molecule has 0 fully saturated rings. The van der Waals surface area contributed by atoms with Crippen molar-refractivity contribution in [3.8, 4) is 0 Å². The van der Waals surface area contributed by atoms with Gasteiger partial charge in [0.25, 0.3) is 0 Å². The van der Waals surface area contributed by atoms with Gasteiger partial charge >= 0.3 is 0 Å². The van der Waals surface area contributed by atoms with Gasteiger partial charge in [0.2, 0.25) is 5.91 Å². The Balaban J connectivity index is 2.31. The molecule has 0 bridgehead atoms. The van der Waals surface area contributed by atoms with Gasteiger partial charge in [-0.05, 0) is 25.8 Å². The molecule has 0 radical (unpaired) electrons. The first-order valence-electron chi connectivity index (χ1n) is 6.08. The minimum absolute atomic E-state index is 0.0657. The van der Waals surface area contributed by atoms with Crippen LogP contribution < -0.4 is 5.32 Å². The molecule has 0 aliphatic rings. The number of aryl methyl sites for hydroxylation is 2. The van der Waals surface area contributed by atoms with E-state index < -0.39 is 5.60 Å². The van der Waals surface area contributed by atoms with Crippen molar-refractivity contribution in [2.24, 2.45) is 0 Å². The summed E-state index contributed by atoms with van der Waals surface area (Å²) < 4.78 is 0. The summed E-state index contributed by atoms with van der Waals surface area (Å²) in [7, 11) is 0. The summed E-state index contributed by atoms with van der Waals surface area (Å²) in [5.74, 6) is -0.121. The molecule has 1 amide bonds. The quantitative estimate of drug-likeness (QED) is 0.700. The normalized spacial score (nSPS) is 14.0. The number of hydrogen-bond donors (Lipinski definition) is 3. The summed E-state index contributed by atoms with van der Waals surface area (Å²) in [5, 5.41) is 21.0. The first kappa shape index (κ1) is 14.7. The van der Waals surface area contributed by atoms with Crippen molar-refractivity contribution in [2.75, 3.05) is 13.2 Å². The number of rotatable bonds is 6. The van der Waals surface area contributed by atoms with Gasteiger partial charge in [-0.25, -0.2) is 0 Å². The van der Waals surface area contributed by atoms with Crippen molar-refractivity contribution in [2.45, 2.75) is 32.3 Å². The Labute approximate surface area is 108 Å². The third-order valence-corrected chi connectivity index (χ3v) is 2.77. The van der Waals surface area contributed by atoms with Crippen LogP contribution in [-0.2, 0) is 11.2 Å². The molecule has 18 heavy (non-hydrogen) atoms. The molecule has 0 saturated heterocycles. The molecular weight excluding hydrogens is 230 g/mol. The van der Waals surface area contributed by atoms with E-state index in [0.29, 0.717) is 12.8 Å². The summed E-state index contributed by atoms with van der Waals surface area (Å²) >= 11 is 0. The molecule has 1 atom stereocenters. The summed E-state index contributed by atoms with van der Waals surface area (Å²) in [5.41, 5.74) is 1.06. The Kier molecular flexibility index (Phi) is 5.31. The van der Waals surface area contributed by atoms with Gasteiger partial charge < -0.3 is 15.5 Å². The molecule has 4 nitrogen and oxygen atoms in total. The largest absolute Gasteiger partial charge is 0.393 e. The van der Waals surface area contributed by atoms with E-state index in [1.807, 2.05) is 31.2 Å². The Morgan fingerprint density at radius 2 is 1.94 bits per heavy atom. The van der Waals surface area contributed by atoms with Gasteiger partial charge in [0.05, 0.1) is 6.61 Å². The number of carbonyl (C=O) groups is 1. The fourth-order valence-corrected chi connectivity index (χ4v) is 1.45. The minimum atomic E-state index is -1.25. The van der Waals surface area contributed by atoms with Crippen molar-refractivity contribution in [1.82, 2.24) is 5.32 Å². The van der Waals surface area contributed by atoms with Crippen molar-refractivity contribution >= 4 is 5.91 Å². The van der Waals surface area contributed by atoms with Crippen molar-refractivity contribution < 1.29 is 15.0 Å². The maximum absolute atomic E-state index is 11.5. The van der Waals surface area contributed by atoms with Gasteiger partial charge in [-0.1, -0.05) is 29.8 Å². The highest BCUT2D eigenvalue weighted by Crippen LogP contribution is 2.06. The lowest BCUT2D eigenvalue weighted by Gasteiger charge is -2.20. The van der Waals surface area contributed by atoms with Crippen molar-refractivity contribution in [3.05, 3.63) is 35.4 Å². The van der Waals surface area contributed by atoms with Gasteiger partial charge in [0, 0.05) is 13.0 Å². The smallest absolute Gasteiger partial charge is 0.220 e. The highest BCUT2D eigenvalue weighted by molar-refractivity contribution is 5.76. The molecule has 0 aliphatic heterocycles. The average molecular weight is 251 g/mol. The maximum atomic E-state index is 11.5. The first-order chi connectivity index (χ1) is 8.43. The molecular formula is C14H21NO3. The van der Waals surface area contributed by atoms with Gasteiger partial charge in [-0.3, -0.25) is 4.79 Å². The van der Waals surface area contributed by atoms with E-state index in [9.17, 15) is 9.90 Å². The highest BCUT2D eigenvalue weighted by atomic mass is 16.3. The van der Waals surface area contributed by atoms with Crippen LogP contribution in [0.1, 0.15) is 24.5 Å². The lowest BCUT2D eigenvalue weighted by molar-refractivity contribution is -0.122. The molecule has 3 N–H and O–H groups in total. The van der Waals surface area contributed by atoms with E-state index in [1.54, 1.807) is 0 Å². The second-order valence-corrected chi connectivity index (χ2v) is 4.92. The van der Waals surface area contributed by atoms with Crippen LogP contribution in [0.25, 0.3) is 0 Å². The highest BCUT2D eigenvalue weighted by Gasteiger charge is 2.19. The third kappa shape index (κ3) is 5.29. The third-order valence-electron chi connectivity index (χ3n) is 2.77. The number of carbonyl (C=O) groups excluding carboxylic acids is 1. The molecule has 0 spiro atoms. The van der Waals surface area contributed by atoms with Crippen LogP contribution in [0.4, 0.5) is 0 Å². The van der Waals surface area contributed by atoms with Crippen LogP contribution in [0.15, 0.2) is 24.3 Å². The SMILES string of the molecule is Cc1ccc(CCC(=O)NCC(C)(O)CO)cc1. The van der Waals surface area contributed by atoms with Crippen molar-refractivity contribution in [3.63, 3.8) is 0 Å². The first-order valence-corrected chi connectivity index (χ1v) is 6.08. The van der Waals surface area contributed by atoms with Crippen LogP contribution >= 0.6 is 0 Å². The zero-order valence-corrected chi connectivity index (χ0v) is 10.9. The monoisotopic (exact) mass is 251 g/mol. The van der Waals surface area contributed by atoms with E-state index in [-0.39, 0.29) is 19.1 Å². The Morgan fingerprint density at radius 3 is 2.50 bits per heavy atom. The Hall–Kier alpha value is -1.39. The lowest BCUT2D eigenvalue weighted by atomic mass is 10.1. The second-order valence-electron chi connectivity index (χ2n) is 4.92. The number of amides is 1. The van der Waals surface area contributed by atoms with Gasteiger partial charge in [-0.15, -0.1) is 0 Å². The molecule has 1 aromatic carbocycles. The van der Waals surface area contributed by atoms with Gasteiger partial charge in [0.15, 0.2) is 0 Å². The molecule has 0 aromatic heterocycles. The molecule has 1 aromatic rings. The number of aliphatic hydroxyl groups excluding tert-OH is 1. The topological polar surface area (TPSA) is 69.6 Å². The number of benzene rings is 1. The average Bonchev–Trinajstić information content (AvgIpc) is 2.36. The fourth-order valence-electron chi connectivity index (χ4n) is 1.45. The fraction of sp³-hybridized carbons (Fsp3) is 0.500. The standard InChI is InChI=1S/C14H21NO3/c1-11-3-5-12(6-4-11)7-8-13(17)15-9-14(2,18)10-16/h3-6,16,18H,7-10H2,1-2H3,(H,15,17). The molecule has 1 unspecified atom stereocenters. The molecule has 4 heteroatoms. The summed E-state index contributed by atoms with van der Waals surface area (Å²) in [6.45, 7) is 3.20. The molecule has 1 rings (SSSR count). The summed E-state index contributed by atoms with van der Waals surface area (Å²) in [6.07, 6.45) is 1.05. The summed E-state index contributed by atoms with van der Waals surface area (Å²) in [6, 6.07) is 8.05. The van der Waals surface area contributed by atoms with E-state index in [2.05, 4.69) is 5.32 Å². The van der Waals surface area contributed by atoms with Crippen molar-refractivity contribution in [1.29, 1.82) is 0 Å². The molecule has 100 valence electrons. The zero-order valence-electron chi connectivity index (χ0n) is 10.9. The number of aliphatic hydroxyl groups is 2. The Morgan fingerprint density at radius 1 is 1.33 bits per heavy atom. The summed E-state index contributed by atoms with van der Waals surface area (Å²) in [4.78, 5) is 11.5. The molecule has 0 saturated carbocycles. The molecule has 0 aliphatic carbocycles. The van der Waals surface area contributed by atoms with Gasteiger partial charge in [-0.2, -0.15) is 0 Å². The maximum Gasteiger partial charge on any atom is 0.220 e. The number of nitrogens with one attached hydrogen (secondary N) is 1. The van der Waals surface area contributed by atoms with Crippen LogP contribution in [0.2, 0.25) is 0 Å². The second kappa shape index (κ2) is 6.52. The Bertz CT molecular complexity index is 385. The predicted octanol–water partition coefficient (Wildman–Crippen LogP) is 0.787. The predicted molar refractivity (Wildman–Crippen MR) is 70.2 cm³/mol. The van der Waals surface area contributed by atoms with E-state index in [0.717, 1.165) is 5.56 Å².